The van der Waals surface area contributed by atoms with E-state index in [4.69, 9.17) is 17.2 Å². The van der Waals surface area contributed by atoms with Crippen LogP contribution in [0.15, 0.2) is 4.99 Å². The Morgan fingerprint density at radius 2 is 1.49 bits per heavy atom. The second-order valence-electron chi connectivity index (χ2n) is 10.8. The van der Waals surface area contributed by atoms with Crippen LogP contribution in [-0.4, -0.2) is 148 Å². The lowest BCUT2D eigenvalue weighted by Crippen LogP contribution is -2.60. The van der Waals surface area contributed by atoms with Crippen molar-refractivity contribution in [2.75, 3.05) is 37.7 Å². The van der Waals surface area contributed by atoms with Gasteiger partial charge in [-0.1, -0.05) is 0 Å². The van der Waals surface area contributed by atoms with Crippen LogP contribution in [0.4, 0.5) is 0 Å². The highest BCUT2D eigenvalue weighted by Crippen LogP contribution is 2.19. The highest BCUT2D eigenvalue weighted by Gasteiger charge is 2.39. The summed E-state index contributed by atoms with van der Waals surface area (Å²) in [5.41, 5.74) is 16.2. The smallest absolute Gasteiger partial charge is 0.327 e. The van der Waals surface area contributed by atoms with E-state index in [0.29, 0.717) is 6.42 Å². The molecule has 0 aromatic carbocycles. The van der Waals surface area contributed by atoms with Crippen molar-refractivity contribution in [3.8, 4) is 0 Å². The molecule has 1 aliphatic rings. The first kappa shape index (κ1) is 42.7. The molecule has 1 fully saturated rings. The van der Waals surface area contributed by atoms with E-state index in [-0.39, 0.29) is 49.8 Å². The van der Waals surface area contributed by atoms with Gasteiger partial charge in [-0.05, 0) is 25.7 Å². The van der Waals surface area contributed by atoms with Gasteiger partial charge in [-0.2, -0.15) is 25.3 Å². The van der Waals surface area contributed by atoms with Gasteiger partial charge in [-0.15, -0.1) is 0 Å². The van der Waals surface area contributed by atoms with Crippen molar-refractivity contribution in [1.82, 2.24) is 31.5 Å². The zero-order valence-corrected chi connectivity index (χ0v) is 28.2. The molecule has 0 unspecified atom stereocenters. The Labute approximate surface area is 291 Å². The molecule has 0 radical (unpaired) electrons. The van der Waals surface area contributed by atoms with Crippen LogP contribution < -0.4 is 43.8 Å². The molecule has 1 saturated heterocycles. The first-order valence-electron chi connectivity index (χ1n) is 14.9. The molecule has 0 aromatic heterocycles. The average Bonchev–Trinajstić information content (AvgIpc) is 3.54. The van der Waals surface area contributed by atoms with Crippen LogP contribution >= 0.6 is 25.3 Å². The van der Waals surface area contributed by atoms with E-state index >= 15 is 0 Å². The highest BCUT2D eigenvalue weighted by molar-refractivity contribution is 7.80. The van der Waals surface area contributed by atoms with Crippen molar-refractivity contribution in [2.24, 2.45) is 22.2 Å². The number of nitrogens with two attached hydrogens (primary N) is 3. The number of aliphatic hydroxyl groups is 1. The lowest BCUT2D eigenvalue weighted by atomic mass is 10.1. The Bertz CT molecular complexity index is 1250. The normalized spacial score (nSPS) is 16.9. The van der Waals surface area contributed by atoms with E-state index in [9.17, 15) is 53.7 Å². The van der Waals surface area contributed by atoms with Crippen molar-refractivity contribution in [3.63, 3.8) is 0 Å². The minimum atomic E-state index is -1.82. The number of likely N-dealkylation sites (tertiary alicyclic amines) is 1. The maximum absolute atomic E-state index is 13.3. The third kappa shape index (κ3) is 14.7. The molecule has 1 heterocycles. The summed E-state index contributed by atoms with van der Waals surface area (Å²) in [4.78, 5) is 105. The molecule has 21 nitrogen and oxygen atoms in total. The highest BCUT2D eigenvalue weighted by atomic mass is 32.1. The topological polar surface area (TPSA) is 351 Å². The zero-order chi connectivity index (χ0) is 37.3. The number of carboxylic acids is 2. The van der Waals surface area contributed by atoms with Crippen LogP contribution in [0.3, 0.4) is 0 Å². The molecule has 0 aliphatic carbocycles. The van der Waals surface area contributed by atoms with E-state index in [1.807, 2.05) is 0 Å². The Balaban J connectivity index is 3.09. The van der Waals surface area contributed by atoms with Crippen LogP contribution in [0.25, 0.3) is 0 Å². The number of carbonyl (C=O) groups is 8. The van der Waals surface area contributed by atoms with Gasteiger partial charge in [-0.3, -0.25) is 38.6 Å². The maximum atomic E-state index is 13.3. The summed E-state index contributed by atoms with van der Waals surface area (Å²) in [5.74, 6) is -8.77. The fourth-order valence-electron chi connectivity index (χ4n) is 4.47. The Morgan fingerprint density at radius 3 is 2.04 bits per heavy atom. The summed E-state index contributed by atoms with van der Waals surface area (Å²) < 4.78 is 0. The van der Waals surface area contributed by atoms with Gasteiger partial charge in [0.15, 0.2) is 5.96 Å². The van der Waals surface area contributed by atoms with Gasteiger partial charge in [0.25, 0.3) is 0 Å². The summed E-state index contributed by atoms with van der Waals surface area (Å²) in [7, 11) is 0. The number of thiol groups is 2. The molecule has 23 heteroatoms. The Kier molecular flexibility index (Phi) is 18.8. The van der Waals surface area contributed by atoms with Crippen molar-refractivity contribution < 1.29 is 53.7 Å². The van der Waals surface area contributed by atoms with Gasteiger partial charge in [0, 0.05) is 24.6 Å². The van der Waals surface area contributed by atoms with Gasteiger partial charge in [-0.25, -0.2) is 4.79 Å². The predicted molar refractivity (Wildman–Crippen MR) is 178 cm³/mol. The number of aliphatic hydroxyl groups excluding tert-OH is 1. The number of aliphatic carboxylic acids is 2. The van der Waals surface area contributed by atoms with Gasteiger partial charge < -0.3 is 64.0 Å². The molecule has 0 spiro atoms. The maximum Gasteiger partial charge on any atom is 0.327 e. The number of rotatable bonds is 21. The number of aliphatic imine (C=N–C) groups is 1. The second kappa shape index (κ2) is 21.6. The van der Waals surface area contributed by atoms with E-state index in [1.54, 1.807) is 0 Å². The number of hydrogen-bond donors (Lipinski definition) is 13. The fourth-order valence-corrected chi connectivity index (χ4v) is 4.88. The fraction of sp³-hybridized carbons (Fsp3) is 0.654. The molecule has 1 aliphatic heterocycles. The van der Waals surface area contributed by atoms with Crippen LogP contribution in [-0.2, 0) is 38.4 Å². The number of hydrogen-bond acceptors (Lipinski definition) is 13. The van der Waals surface area contributed by atoms with Crippen LogP contribution in [0.1, 0.15) is 32.1 Å². The lowest BCUT2D eigenvalue weighted by Gasteiger charge is -2.29. The molecule has 6 amide bonds. The summed E-state index contributed by atoms with van der Waals surface area (Å²) in [6.07, 6.45) is -0.455. The van der Waals surface area contributed by atoms with Crippen molar-refractivity contribution in [1.29, 1.82) is 0 Å². The zero-order valence-electron chi connectivity index (χ0n) is 26.4. The molecule has 0 aromatic rings. The number of guanidine groups is 1. The van der Waals surface area contributed by atoms with E-state index < -0.39 is 103 Å². The van der Waals surface area contributed by atoms with E-state index in [0.717, 1.165) is 4.90 Å². The molecular weight excluding hydrogens is 692 g/mol. The first-order valence-corrected chi connectivity index (χ1v) is 16.2. The van der Waals surface area contributed by atoms with Crippen molar-refractivity contribution in [2.45, 2.75) is 68.4 Å². The minimum Gasteiger partial charge on any atom is -0.481 e. The quantitative estimate of drug-likeness (QED) is 0.0226. The Morgan fingerprint density at radius 1 is 0.857 bits per heavy atom. The van der Waals surface area contributed by atoms with Crippen LogP contribution in [0, 0.1) is 0 Å². The monoisotopic (exact) mass is 736 g/mol. The summed E-state index contributed by atoms with van der Waals surface area (Å²) in [5, 5.41) is 39.9. The number of carboxylic acid groups (broad SMARTS) is 2. The predicted octanol–water partition coefficient (Wildman–Crippen LogP) is -6.18. The largest absolute Gasteiger partial charge is 0.481 e. The molecule has 14 N–H and O–H groups in total. The van der Waals surface area contributed by atoms with Gasteiger partial charge >= 0.3 is 11.9 Å². The van der Waals surface area contributed by atoms with Crippen LogP contribution in [0.2, 0.25) is 0 Å². The molecule has 6 atom stereocenters. The van der Waals surface area contributed by atoms with E-state index in [2.05, 4.69) is 56.8 Å². The molecule has 49 heavy (non-hydrogen) atoms. The molecule has 1 rings (SSSR count). The summed E-state index contributed by atoms with van der Waals surface area (Å²) in [6, 6.07) is -8.35. The number of carbonyl (C=O) groups excluding carboxylic acids is 6. The molecular formula is C26H44N10O11S2. The second-order valence-corrected chi connectivity index (χ2v) is 11.5. The molecule has 0 bridgehead atoms. The van der Waals surface area contributed by atoms with Gasteiger partial charge in [0.1, 0.15) is 30.2 Å². The average molecular weight is 737 g/mol. The van der Waals surface area contributed by atoms with Crippen LogP contribution in [0.5, 0.6) is 0 Å². The molecule has 0 saturated carbocycles. The SMILES string of the molecule is NC(N)=NCCC[C@H](NC(=O)CNC(=O)[C@@H](N)CS)C(=O)N[C@@H](CC(=O)O)C(=O)N[C@@H](CO)C(=O)N1CCC[C@H]1C(=O)N[C@@H](CS)C(=O)O. The minimum absolute atomic E-state index is 0.00336. The Hall–Kier alpha value is -4.35. The molecule has 276 valence electrons. The lowest BCUT2D eigenvalue weighted by molar-refractivity contribution is -0.145. The third-order valence-electron chi connectivity index (χ3n) is 7.00. The number of nitrogens with one attached hydrogen (secondary N) is 5. The first-order chi connectivity index (χ1) is 23.1. The van der Waals surface area contributed by atoms with Gasteiger partial charge in [0.2, 0.25) is 35.4 Å². The number of amides is 6. The number of nitrogens with zero attached hydrogens (tertiary/aromatic N) is 2. The summed E-state index contributed by atoms with van der Waals surface area (Å²) in [6.45, 7) is -1.50. The van der Waals surface area contributed by atoms with Crippen molar-refractivity contribution in [3.05, 3.63) is 0 Å². The van der Waals surface area contributed by atoms with Gasteiger partial charge in [0.05, 0.1) is 25.6 Å². The summed E-state index contributed by atoms with van der Waals surface area (Å²) >= 11 is 7.78. The third-order valence-corrected chi connectivity index (χ3v) is 7.76. The van der Waals surface area contributed by atoms with E-state index in [1.165, 1.54) is 0 Å². The standard InChI is InChI=1S/C26H44N10O11S2/c27-12(10-48)20(41)31-8-18(38)32-13(3-1-5-30-26(28)29)21(42)33-14(7-19(39)40)22(43)34-15(9-37)24(45)36-6-2-4-17(36)23(44)35-16(11-49)25(46)47/h12-17,37,48-49H,1-11,27H2,(H,31,41)(H,32,38)(H,33,42)(H,34,43)(H,35,44)(H,39,40)(H,46,47)(H4,28,29,30)/t12-,13-,14-,15-,16-,17-/m0/s1. The van der Waals surface area contributed by atoms with Crippen molar-refractivity contribution >= 4 is 78.6 Å².